The molecular weight excluding hydrogens is 192 g/mol. The minimum atomic E-state index is -2.67. The maximum Gasteiger partial charge on any atom is 0.248 e. The van der Waals surface area contributed by atoms with E-state index in [0.717, 1.165) is 0 Å². The number of nitrogens with one attached hydrogen (secondary N) is 1. The highest BCUT2D eigenvalue weighted by molar-refractivity contribution is 6.10. The molecule has 0 unspecified atom stereocenters. The van der Waals surface area contributed by atoms with Gasteiger partial charge >= 0.3 is 0 Å². The second-order valence-electron chi connectivity index (χ2n) is 4.09. The second kappa shape index (κ2) is 2.74. The Labute approximate surface area is 79.9 Å². The van der Waals surface area contributed by atoms with Gasteiger partial charge in [0.1, 0.15) is 0 Å². The van der Waals surface area contributed by atoms with E-state index >= 15 is 0 Å². The van der Waals surface area contributed by atoms with E-state index < -0.39 is 11.5 Å². The van der Waals surface area contributed by atoms with Gasteiger partial charge in [-0.1, -0.05) is 0 Å². The van der Waals surface area contributed by atoms with Crippen molar-refractivity contribution in [3.63, 3.8) is 0 Å². The van der Waals surface area contributed by atoms with Crippen LogP contribution in [0.1, 0.15) is 32.1 Å². The lowest BCUT2D eigenvalue weighted by molar-refractivity contribution is -0.127. The summed E-state index contributed by atoms with van der Waals surface area (Å²) in [6, 6.07) is 0. The first-order valence-electron chi connectivity index (χ1n) is 4.66. The van der Waals surface area contributed by atoms with Crippen molar-refractivity contribution in [2.75, 3.05) is 0 Å². The number of carbonyl (C=O) groups excluding carboxylic acids is 2. The van der Waals surface area contributed by atoms with Crippen LogP contribution in [0.25, 0.3) is 0 Å². The highest BCUT2D eigenvalue weighted by atomic mass is 19.3. The van der Waals surface area contributed by atoms with Gasteiger partial charge in [0.05, 0.1) is 12.0 Å². The number of halogens is 2. The fourth-order valence-electron chi connectivity index (χ4n) is 2.14. The molecule has 78 valence electrons. The van der Waals surface area contributed by atoms with Crippen molar-refractivity contribution in [1.82, 2.24) is 5.32 Å². The molecule has 14 heavy (non-hydrogen) atoms. The first kappa shape index (κ1) is 9.55. The summed E-state index contributed by atoms with van der Waals surface area (Å²) >= 11 is 0. The normalized spacial score (nSPS) is 29.3. The lowest BCUT2D eigenvalue weighted by atomic mass is 9.78. The molecule has 1 N–H and O–H groups in total. The Morgan fingerprint density at radius 1 is 1.07 bits per heavy atom. The third-order valence-electron chi connectivity index (χ3n) is 3.07. The van der Waals surface area contributed by atoms with Crippen LogP contribution >= 0.6 is 0 Å². The highest BCUT2D eigenvalue weighted by Crippen LogP contribution is 2.40. The SMILES string of the molecule is O=C1CC(=O)C2(CCC(F)(F)CC2)N1. The molecular formula is C9H11F2NO2. The zero-order valence-electron chi connectivity index (χ0n) is 7.61. The third kappa shape index (κ3) is 1.40. The minimum Gasteiger partial charge on any atom is -0.343 e. The molecule has 0 aromatic rings. The monoisotopic (exact) mass is 203 g/mol. The van der Waals surface area contributed by atoms with E-state index in [9.17, 15) is 18.4 Å². The predicted molar refractivity (Wildman–Crippen MR) is 43.9 cm³/mol. The number of rotatable bonds is 0. The first-order chi connectivity index (χ1) is 6.44. The predicted octanol–water partition coefficient (Wildman–Crippen LogP) is 1.02. The van der Waals surface area contributed by atoms with Crippen LogP contribution in [0.15, 0.2) is 0 Å². The van der Waals surface area contributed by atoms with Crippen LogP contribution in [-0.4, -0.2) is 23.2 Å². The lowest BCUT2D eigenvalue weighted by Gasteiger charge is -2.35. The van der Waals surface area contributed by atoms with Crippen LogP contribution in [-0.2, 0) is 9.59 Å². The molecule has 2 fully saturated rings. The molecule has 2 aliphatic rings. The van der Waals surface area contributed by atoms with Crippen molar-refractivity contribution in [3.8, 4) is 0 Å². The van der Waals surface area contributed by atoms with Crippen LogP contribution in [0.2, 0.25) is 0 Å². The van der Waals surface area contributed by atoms with Gasteiger partial charge in [0, 0.05) is 12.8 Å². The fraction of sp³-hybridized carbons (Fsp3) is 0.778. The molecule has 3 nitrogen and oxygen atoms in total. The number of hydrogen-bond acceptors (Lipinski definition) is 2. The Morgan fingerprint density at radius 3 is 2.07 bits per heavy atom. The summed E-state index contributed by atoms with van der Waals surface area (Å²) in [5.74, 6) is -3.23. The molecule has 1 saturated heterocycles. The number of Topliss-reactive ketones (excluding diaryl/α,β-unsaturated/α-hetero) is 1. The average Bonchev–Trinajstić information content (AvgIpc) is 2.35. The van der Waals surface area contributed by atoms with Crippen molar-refractivity contribution >= 4 is 11.7 Å². The smallest absolute Gasteiger partial charge is 0.248 e. The molecule has 1 aliphatic heterocycles. The van der Waals surface area contributed by atoms with Crippen LogP contribution in [0.3, 0.4) is 0 Å². The number of hydrogen-bond donors (Lipinski definition) is 1. The van der Waals surface area contributed by atoms with E-state index in [1.807, 2.05) is 0 Å². The number of amides is 1. The summed E-state index contributed by atoms with van der Waals surface area (Å²) in [5.41, 5.74) is -0.960. The van der Waals surface area contributed by atoms with Crippen LogP contribution < -0.4 is 5.32 Å². The molecule has 0 bridgehead atoms. The first-order valence-corrected chi connectivity index (χ1v) is 4.66. The van der Waals surface area contributed by atoms with Gasteiger partial charge in [-0.25, -0.2) is 8.78 Å². The summed E-state index contributed by atoms with van der Waals surface area (Å²) in [6.07, 6.45) is -0.612. The maximum atomic E-state index is 12.8. The second-order valence-corrected chi connectivity index (χ2v) is 4.09. The zero-order valence-corrected chi connectivity index (χ0v) is 7.61. The van der Waals surface area contributed by atoms with E-state index in [2.05, 4.69) is 5.32 Å². The number of carbonyl (C=O) groups is 2. The molecule has 0 radical (unpaired) electrons. The van der Waals surface area contributed by atoms with Gasteiger partial charge in [0.15, 0.2) is 5.78 Å². The molecule has 2 rings (SSSR count). The molecule has 1 spiro atoms. The van der Waals surface area contributed by atoms with Crippen LogP contribution in [0.4, 0.5) is 8.78 Å². The van der Waals surface area contributed by atoms with E-state index in [1.54, 1.807) is 0 Å². The Kier molecular flexibility index (Phi) is 1.87. The summed E-state index contributed by atoms with van der Waals surface area (Å²) in [5, 5.41) is 2.53. The molecule has 5 heteroatoms. The summed E-state index contributed by atoms with van der Waals surface area (Å²) in [7, 11) is 0. The minimum absolute atomic E-state index is 0.0740. The third-order valence-corrected chi connectivity index (χ3v) is 3.07. The van der Waals surface area contributed by atoms with E-state index in [0.29, 0.717) is 0 Å². The topological polar surface area (TPSA) is 46.2 Å². The van der Waals surface area contributed by atoms with Gasteiger partial charge in [-0.2, -0.15) is 0 Å². The molecule has 1 saturated carbocycles. The van der Waals surface area contributed by atoms with Gasteiger partial charge in [-0.3, -0.25) is 9.59 Å². The van der Waals surface area contributed by atoms with E-state index in [1.165, 1.54) is 0 Å². The number of ketones is 1. The van der Waals surface area contributed by atoms with Crippen molar-refractivity contribution in [1.29, 1.82) is 0 Å². The fourth-order valence-corrected chi connectivity index (χ4v) is 2.14. The molecule has 1 aliphatic carbocycles. The summed E-state index contributed by atoms with van der Waals surface area (Å²) < 4.78 is 25.7. The Hall–Kier alpha value is -1.00. The van der Waals surface area contributed by atoms with Gasteiger partial charge in [-0.15, -0.1) is 0 Å². The summed E-state index contributed by atoms with van der Waals surface area (Å²) in [4.78, 5) is 22.4. The number of alkyl halides is 2. The van der Waals surface area contributed by atoms with E-state index in [-0.39, 0.29) is 43.8 Å². The molecule has 1 amide bonds. The quantitative estimate of drug-likeness (QED) is 0.597. The van der Waals surface area contributed by atoms with Gasteiger partial charge in [0.2, 0.25) is 11.8 Å². The molecule has 0 atom stereocenters. The van der Waals surface area contributed by atoms with Gasteiger partial charge < -0.3 is 5.32 Å². The van der Waals surface area contributed by atoms with Gasteiger partial charge in [0.25, 0.3) is 0 Å². The van der Waals surface area contributed by atoms with Gasteiger partial charge in [-0.05, 0) is 12.8 Å². The Morgan fingerprint density at radius 2 is 1.64 bits per heavy atom. The van der Waals surface area contributed by atoms with E-state index in [4.69, 9.17) is 0 Å². The van der Waals surface area contributed by atoms with Crippen molar-refractivity contribution in [3.05, 3.63) is 0 Å². The Balaban J connectivity index is 2.13. The molecule has 0 aromatic heterocycles. The largest absolute Gasteiger partial charge is 0.343 e. The van der Waals surface area contributed by atoms with Crippen molar-refractivity contribution in [2.24, 2.45) is 0 Å². The highest BCUT2D eigenvalue weighted by Gasteiger charge is 2.51. The van der Waals surface area contributed by atoms with Crippen LogP contribution in [0, 0.1) is 0 Å². The van der Waals surface area contributed by atoms with Crippen LogP contribution in [0.5, 0.6) is 0 Å². The zero-order chi connectivity index (χ0) is 10.4. The Bertz CT molecular complexity index is 291. The lowest BCUT2D eigenvalue weighted by Crippen LogP contribution is -2.51. The van der Waals surface area contributed by atoms with Crippen molar-refractivity contribution in [2.45, 2.75) is 43.6 Å². The summed E-state index contributed by atoms with van der Waals surface area (Å²) in [6.45, 7) is 0. The maximum absolute atomic E-state index is 12.8. The van der Waals surface area contributed by atoms with Crippen molar-refractivity contribution < 1.29 is 18.4 Å². The standard InChI is InChI=1S/C9H11F2NO2/c10-9(11)3-1-8(2-4-9)6(13)5-7(14)12-8/h1-5H2,(H,12,14). The average molecular weight is 203 g/mol. The molecule has 0 aromatic carbocycles. The molecule has 1 heterocycles.